The van der Waals surface area contributed by atoms with Crippen molar-refractivity contribution in [3.05, 3.63) is 27.1 Å². The molecular weight excluding hydrogens is 258 g/mol. The Hall–Kier alpha value is -1.80. The summed E-state index contributed by atoms with van der Waals surface area (Å²) < 4.78 is 6.28. The van der Waals surface area contributed by atoms with E-state index in [1.165, 1.54) is 28.8 Å². The maximum absolute atomic E-state index is 11.6. The van der Waals surface area contributed by atoms with Crippen LogP contribution >= 0.6 is 11.3 Å². The zero-order valence-electron chi connectivity index (χ0n) is 9.78. The molecule has 7 nitrogen and oxygen atoms in total. The summed E-state index contributed by atoms with van der Waals surface area (Å²) in [6.45, 7) is 3.20. The Bertz CT molecular complexity index is 648. The second-order valence-corrected chi connectivity index (χ2v) is 4.76. The van der Waals surface area contributed by atoms with E-state index in [1.54, 1.807) is 6.92 Å². The molecule has 2 aromatic rings. The smallest absolute Gasteiger partial charge is 0.332 e. The van der Waals surface area contributed by atoms with Gasteiger partial charge in [0.25, 0.3) is 5.56 Å². The number of carboxylic acid groups (broad SMARTS) is 1. The molecule has 1 atom stereocenters. The summed E-state index contributed by atoms with van der Waals surface area (Å²) in [5, 5.41) is 13.2. The van der Waals surface area contributed by atoms with Crippen molar-refractivity contribution in [2.24, 2.45) is 0 Å². The van der Waals surface area contributed by atoms with Gasteiger partial charge in [0.2, 0.25) is 4.96 Å². The molecule has 8 heteroatoms. The van der Waals surface area contributed by atoms with Gasteiger partial charge in [-0.1, -0.05) is 11.3 Å². The summed E-state index contributed by atoms with van der Waals surface area (Å²) in [7, 11) is 0. The van der Waals surface area contributed by atoms with Crippen LogP contribution in [0.15, 0.2) is 10.9 Å². The Kier molecular flexibility index (Phi) is 3.39. The van der Waals surface area contributed by atoms with Gasteiger partial charge < -0.3 is 9.84 Å². The van der Waals surface area contributed by atoms with Crippen molar-refractivity contribution in [2.45, 2.75) is 26.6 Å². The molecule has 0 aliphatic heterocycles. The third kappa shape index (κ3) is 2.54. The molecule has 0 amide bonds. The van der Waals surface area contributed by atoms with Gasteiger partial charge in [0.05, 0.1) is 0 Å². The molecule has 0 aliphatic carbocycles. The Labute approximate surface area is 106 Å². The first-order chi connectivity index (χ1) is 8.47. The summed E-state index contributed by atoms with van der Waals surface area (Å²) in [5.74, 6) is -1.04. The molecule has 0 unspecified atom stereocenters. The maximum atomic E-state index is 11.6. The molecule has 0 spiro atoms. The van der Waals surface area contributed by atoms with Crippen LogP contribution in [0.4, 0.5) is 0 Å². The minimum Gasteiger partial charge on any atom is -0.479 e. The fraction of sp³-hybridized carbons (Fsp3) is 0.400. The van der Waals surface area contributed by atoms with Crippen molar-refractivity contribution >= 4 is 22.3 Å². The number of hydrogen-bond acceptors (Lipinski definition) is 6. The average molecular weight is 269 g/mol. The molecule has 0 fully saturated rings. The zero-order valence-corrected chi connectivity index (χ0v) is 10.6. The second kappa shape index (κ2) is 4.83. The SMILES string of the molecule is Cc1cc(=O)n2nc(CO[C@@H](C)C(=O)O)sc2n1. The third-order valence-corrected chi connectivity index (χ3v) is 3.10. The minimum atomic E-state index is -1.04. The van der Waals surface area contributed by atoms with E-state index in [0.717, 1.165) is 0 Å². The fourth-order valence-electron chi connectivity index (χ4n) is 1.29. The lowest BCUT2D eigenvalue weighted by Gasteiger charge is -2.04. The molecular formula is C10H11N3O4S. The highest BCUT2D eigenvalue weighted by Gasteiger charge is 2.13. The molecule has 2 aromatic heterocycles. The standard InChI is InChI=1S/C10H11N3O4S/c1-5-3-8(14)13-10(11-5)18-7(12-13)4-17-6(2)9(15)16/h3,6H,4H2,1-2H3,(H,15,16)/t6-/m0/s1. The monoisotopic (exact) mass is 269 g/mol. The number of carboxylic acids is 1. The summed E-state index contributed by atoms with van der Waals surface area (Å²) in [5.41, 5.74) is 0.362. The number of nitrogens with zero attached hydrogens (tertiary/aromatic N) is 3. The van der Waals surface area contributed by atoms with Crippen molar-refractivity contribution in [3.63, 3.8) is 0 Å². The number of aryl methyl sites for hydroxylation is 1. The molecule has 2 rings (SSSR count). The van der Waals surface area contributed by atoms with Crippen molar-refractivity contribution in [1.29, 1.82) is 0 Å². The van der Waals surface area contributed by atoms with Gasteiger partial charge in [-0.3, -0.25) is 4.79 Å². The van der Waals surface area contributed by atoms with Crippen LogP contribution in [0.5, 0.6) is 0 Å². The van der Waals surface area contributed by atoms with E-state index in [1.807, 2.05) is 0 Å². The molecule has 96 valence electrons. The van der Waals surface area contributed by atoms with Gasteiger partial charge in [0.1, 0.15) is 11.6 Å². The van der Waals surface area contributed by atoms with Crippen molar-refractivity contribution < 1.29 is 14.6 Å². The molecule has 18 heavy (non-hydrogen) atoms. The van der Waals surface area contributed by atoms with E-state index in [4.69, 9.17) is 9.84 Å². The maximum Gasteiger partial charge on any atom is 0.332 e. The van der Waals surface area contributed by atoms with Crippen molar-refractivity contribution in [1.82, 2.24) is 14.6 Å². The lowest BCUT2D eigenvalue weighted by molar-refractivity contribution is -0.149. The molecule has 0 saturated carbocycles. The van der Waals surface area contributed by atoms with Crippen molar-refractivity contribution in [2.75, 3.05) is 0 Å². The van der Waals surface area contributed by atoms with Gasteiger partial charge in [0, 0.05) is 11.8 Å². The second-order valence-electron chi connectivity index (χ2n) is 3.72. The minimum absolute atomic E-state index is 0.0416. The van der Waals surface area contributed by atoms with Crippen LogP contribution in [0, 0.1) is 6.92 Å². The van der Waals surface area contributed by atoms with Gasteiger partial charge in [-0.2, -0.15) is 9.61 Å². The van der Waals surface area contributed by atoms with E-state index in [9.17, 15) is 9.59 Å². The van der Waals surface area contributed by atoms with E-state index < -0.39 is 12.1 Å². The molecule has 0 saturated heterocycles. The summed E-state index contributed by atoms with van der Waals surface area (Å²) in [6.07, 6.45) is -0.913. The van der Waals surface area contributed by atoms with Crippen LogP contribution in [-0.4, -0.2) is 31.8 Å². The number of fused-ring (bicyclic) bond motifs is 1. The highest BCUT2D eigenvalue weighted by Crippen LogP contribution is 2.13. The van der Waals surface area contributed by atoms with Gasteiger partial charge in [-0.25, -0.2) is 9.78 Å². The summed E-state index contributed by atoms with van der Waals surface area (Å²) in [4.78, 5) is 26.8. The topological polar surface area (TPSA) is 93.8 Å². The highest BCUT2D eigenvalue weighted by molar-refractivity contribution is 7.16. The van der Waals surface area contributed by atoms with Gasteiger partial charge in [0.15, 0.2) is 6.10 Å². The van der Waals surface area contributed by atoms with Crippen LogP contribution in [0.1, 0.15) is 17.6 Å². The number of aliphatic carboxylic acids is 1. The van der Waals surface area contributed by atoms with Gasteiger partial charge >= 0.3 is 5.97 Å². The Morgan fingerprint density at radius 1 is 1.67 bits per heavy atom. The van der Waals surface area contributed by atoms with E-state index >= 15 is 0 Å². The predicted octanol–water partition coefficient (Wildman–Crippen LogP) is 0.449. The number of ether oxygens (including phenoxy) is 1. The number of hydrogen-bond donors (Lipinski definition) is 1. The normalized spacial score (nSPS) is 12.8. The first-order valence-corrected chi connectivity index (χ1v) is 6.00. The van der Waals surface area contributed by atoms with Crippen LogP contribution in [0.25, 0.3) is 4.96 Å². The quantitative estimate of drug-likeness (QED) is 0.866. The van der Waals surface area contributed by atoms with E-state index in [-0.39, 0.29) is 12.2 Å². The number of aromatic nitrogens is 3. The molecule has 1 N–H and O–H groups in total. The third-order valence-electron chi connectivity index (χ3n) is 2.22. The average Bonchev–Trinajstić information content (AvgIpc) is 2.68. The van der Waals surface area contributed by atoms with Gasteiger partial charge in [-0.15, -0.1) is 0 Å². The molecule has 0 radical (unpaired) electrons. The Balaban J connectivity index is 2.23. The van der Waals surface area contributed by atoms with Crippen LogP contribution in [0.3, 0.4) is 0 Å². The largest absolute Gasteiger partial charge is 0.479 e. The van der Waals surface area contributed by atoms with E-state index in [0.29, 0.717) is 15.7 Å². The Morgan fingerprint density at radius 2 is 2.39 bits per heavy atom. The number of rotatable bonds is 4. The summed E-state index contributed by atoms with van der Waals surface area (Å²) >= 11 is 1.20. The molecule has 0 aromatic carbocycles. The molecule has 0 bridgehead atoms. The Morgan fingerprint density at radius 3 is 3.06 bits per heavy atom. The first-order valence-electron chi connectivity index (χ1n) is 5.18. The lowest BCUT2D eigenvalue weighted by Crippen LogP contribution is -2.19. The zero-order chi connectivity index (χ0) is 13.3. The highest BCUT2D eigenvalue weighted by atomic mass is 32.1. The number of carbonyl (C=O) groups is 1. The fourth-order valence-corrected chi connectivity index (χ4v) is 2.15. The van der Waals surface area contributed by atoms with Gasteiger partial charge in [-0.05, 0) is 13.8 Å². The predicted molar refractivity (Wildman–Crippen MR) is 63.8 cm³/mol. The van der Waals surface area contributed by atoms with Crippen molar-refractivity contribution in [3.8, 4) is 0 Å². The molecule has 0 aliphatic rings. The van der Waals surface area contributed by atoms with Crippen LogP contribution in [0.2, 0.25) is 0 Å². The molecule has 2 heterocycles. The lowest BCUT2D eigenvalue weighted by atomic mass is 10.4. The van der Waals surface area contributed by atoms with E-state index in [2.05, 4.69) is 10.1 Å². The summed E-state index contributed by atoms with van der Waals surface area (Å²) in [6, 6.07) is 1.39. The first kappa shape index (κ1) is 12.7. The van der Waals surface area contributed by atoms with Crippen LogP contribution < -0.4 is 5.56 Å². The van der Waals surface area contributed by atoms with Crippen LogP contribution in [-0.2, 0) is 16.1 Å².